The molecule has 0 radical (unpaired) electrons. The molecule has 0 spiro atoms. The number of halogens is 1. The van der Waals surface area contributed by atoms with Gasteiger partial charge < -0.3 is 9.47 Å². The van der Waals surface area contributed by atoms with Crippen LogP contribution in [0.4, 0.5) is 5.69 Å². The van der Waals surface area contributed by atoms with Crippen molar-refractivity contribution < 1.29 is 27.5 Å². The van der Waals surface area contributed by atoms with Gasteiger partial charge in [0.05, 0.1) is 34.5 Å². The fourth-order valence-electron chi connectivity index (χ4n) is 4.31. The molecule has 5 rings (SSSR count). The maximum Gasteiger partial charge on any atom is 0.343 e. The Labute approximate surface area is 259 Å². The molecule has 0 heterocycles. The van der Waals surface area contributed by atoms with E-state index < -0.39 is 21.9 Å². The molecule has 5 aromatic carbocycles. The normalized spacial score (nSPS) is 11.3. The van der Waals surface area contributed by atoms with Crippen molar-refractivity contribution in [3.63, 3.8) is 0 Å². The van der Waals surface area contributed by atoms with Gasteiger partial charge in [0.2, 0.25) is 0 Å². The van der Waals surface area contributed by atoms with Crippen molar-refractivity contribution in [2.75, 3.05) is 11.3 Å². The minimum atomic E-state index is -4.00. The first-order chi connectivity index (χ1) is 21.2. The van der Waals surface area contributed by atoms with Crippen LogP contribution in [0.25, 0.3) is 10.8 Å². The third-order valence-electron chi connectivity index (χ3n) is 6.43. The van der Waals surface area contributed by atoms with E-state index in [0.717, 1.165) is 10.8 Å². The van der Waals surface area contributed by atoms with Gasteiger partial charge in [-0.15, -0.1) is 0 Å². The van der Waals surface area contributed by atoms with Gasteiger partial charge >= 0.3 is 5.97 Å². The minimum absolute atomic E-state index is 0.0154. The highest BCUT2D eigenvalue weighted by atomic mass is 35.5. The molecule has 0 saturated carbocycles. The number of ether oxygens (including phenoxy) is 2. The second-order valence-corrected chi connectivity index (χ2v) is 11.5. The highest BCUT2D eigenvalue weighted by molar-refractivity contribution is 7.92. The molecule has 0 aliphatic rings. The lowest BCUT2D eigenvalue weighted by Gasteiger charge is -2.12. The number of amides is 1. The van der Waals surface area contributed by atoms with Crippen LogP contribution in [0.15, 0.2) is 119 Å². The summed E-state index contributed by atoms with van der Waals surface area (Å²) in [5, 5.41) is 6.11. The van der Waals surface area contributed by atoms with Crippen LogP contribution in [-0.4, -0.2) is 33.1 Å². The average Bonchev–Trinajstić information content (AvgIpc) is 3.02. The second kappa shape index (κ2) is 13.4. The first-order valence-electron chi connectivity index (χ1n) is 13.4. The van der Waals surface area contributed by atoms with Crippen LogP contribution in [0.3, 0.4) is 0 Å². The van der Waals surface area contributed by atoms with Crippen molar-refractivity contribution in [1.82, 2.24) is 5.43 Å². The number of rotatable bonds is 10. The Morgan fingerprint density at radius 1 is 0.864 bits per heavy atom. The van der Waals surface area contributed by atoms with Crippen LogP contribution in [0.1, 0.15) is 33.2 Å². The zero-order chi connectivity index (χ0) is 31.1. The highest BCUT2D eigenvalue weighted by Gasteiger charge is 2.19. The SMILES string of the molecule is CCOc1ccc(C(=O)Oc2ccc3ccccc3c2/C=N/NC(=O)c2ccccc2NS(=O)(=O)c2ccc(Cl)cc2)cc1. The maximum absolute atomic E-state index is 13.1. The van der Waals surface area contributed by atoms with Crippen molar-refractivity contribution in [3.05, 3.63) is 131 Å². The van der Waals surface area contributed by atoms with Crippen LogP contribution in [0, 0.1) is 0 Å². The lowest BCUT2D eigenvalue weighted by atomic mass is 10.0. The lowest BCUT2D eigenvalue weighted by molar-refractivity contribution is 0.0734. The second-order valence-electron chi connectivity index (χ2n) is 9.35. The maximum atomic E-state index is 13.1. The van der Waals surface area contributed by atoms with Gasteiger partial charge in [-0.1, -0.05) is 54.1 Å². The van der Waals surface area contributed by atoms with Crippen molar-refractivity contribution in [3.8, 4) is 11.5 Å². The zero-order valence-electron chi connectivity index (χ0n) is 23.4. The van der Waals surface area contributed by atoms with Gasteiger partial charge in [-0.2, -0.15) is 5.10 Å². The van der Waals surface area contributed by atoms with E-state index in [1.165, 1.54) is 42.6 Å². The van der Waals surface area contributed by atoms with Crippen LogP contribution < -0.4 is 19.6 Å². The number of para-hydroxylation sites is 1. The number of fused-ring (bicyclic) bond motifs is 1. The number of hydrazone groups is 1. The molecule has 0 fully saturated rings. The summed E-state index contributed by atoms with van der Waals surface area (Å²) in [6.07, 6.45) is 1.38. The highest BCUT2D eigenvalue weighted by Crippen LogP contribution is 2.28. The number of anilines is 1. The van der Waals surface area contributed by atoms with Crippen molar-refractivity contribution in [2.45, 2.75) is 11.8 Å². The number of carbonyl (C=O) groups excluding carboxylic acids is 2. The molecule has 0 unspecified atom stereocenters. The molecular weight excluding hydrogens is 602 g/mol. The number of hydrogen-bond acceptors (Lipinski definition) is 7. The topological polar surface area (TPSA) is 123 Å². The number of sulfonamides is 1. The Balaban J connectivity index is 1.37. The number of benzene rings is 5. The third-order valence-corrected chi connectivity index (χ3v) is 8.07. The van der Waals surface area contributed by atoms with E-state index >= 15 is 0 Å². The number of carbonyl (C=O) groups is 2. The van der Waals surface area contributed by atoms with E-state index in [9.17, 15) is 18.0 Å². The smallest absolute Gasteiger partial charge is 0.343 e. The van der Waals surface area contributed by atoms with Gasteiger partial charge in [0, 0.05) is 10.6 Å². The van der Waals surface area contributed by atoms with Gasteiger partial charge in [0.1, 0.15) is 11.5 Å². The van der Waals surface area contributed by atoms with E-state index in [0.29, 0.717) is 28.5 Å². The summed E-state index contributed by atoms with van der Waals surface area (Å²) in [5.41, 5.74) is 3.33. The number of nitrogens with one attached hydrogen (secondary N) is 2. The molecule has 0 saturated heterocycles. The molecule has 0 aromatic heterocycles. The zero-order valence-corrected chi connectivity index (χ0v) is 24.9. The Bertz CT molecular complexity index is 1960. The Morgan fingerprint density at radius 2 is 1.57 bits per heavy atom. The Kier molecular flexibility index (Phi) is 9.23. The molecule has 0 aliphatic heterocycles. The number of esters is 1. The molecule has 2 N–H and O–H groups in total. The fraction of sp³-hybridized carbons (Fsp3) is 0.0606. The molecule has 0 atom stereocenters. The van der Waals surface area contributed by atoms with Gasteiger partial charge in [-0.05, 0) is 84.4 Å². The predicted octanol–water partition coefficient (Wildman–Crippen LogP) is 6.68. The van der Waals surface area contributed by atoms with Gasteiger partial charge in [-0.3, -0.25) is 9.52 Å². The summed E-state index contributed by atoms with van der Waals surface area (Å²) in [6.45, 7) is 2.38. The summed E-state index contributed by atoms with van der Waals surface area (Å²) >= 11 is 5.88. The molecule has 0 aliphatic carbocycles. The first kappa shape index (κ1) is 30.3. The molecular formula is C33H26ClN3O6S. The summed E-state index contributed by atoms with van der Waals surface area (Å²) < 4.78 is 39.5. The monoisotopic (exact) mass is 627 g/mol. The standard InChI is InChI=1S/C33H26ClN3O6S/c1-2-42-25-16-11-23(12-17-25)33(39)43-31-20-13-22-7-3-4-8-27(22)29(31)21-35-36-32(38)28-9-5-6-10-30(28)37-44(40,41)26-18-14-24(34)15-19-26/h3-21,37H,2H2,1H3,(H,36,38)/b35-21+. The van der Waals surface area contributed by atoms with Crippen LogP contribution in [0.5, 0.6) is 11.5 Å². The summed E-state index contributed by atoms with van der Waals surface area (Å²) in [5.74, 6) is -0.373. The minimum Gasteiger partial charge on any atom is -0.494 e. The van der Waals surface area contributed by atoms with E-state index in [2.05, 4.69) is 15.2 Å². The summed E-state index contributed by atoms with van der Waals surface area (Å²) in [4.78, 5) is 26.1. The van der Waals surface area contributed by atoms with Crippen LogP contribution >= 0.6 is 11.6 Å². The quantitative estimate of drug-likeness (QED) is 0.0771. The van der Waals surface area contributed by atoms with Crippen molar-refractivity contribution >= 4 is 56.2 Å². The molecule has 44 heavy (non-hydrogen) atoms. The Hall–Kier alpha value is -5.19. The average molecular weight is 628 g/mol. The van der Waals surface area contributed by atoms with Gasteiger partial charge in [-0.25, -0.2) is 18.6 Å². The molecule has 0 bridgehead atoms. The van der Waals surface area contributed by atoms with Crippen LogP contribution in [0.2, 0.25) is 5.02 Å². The van der Waals surface area contributed by atoms with Gasteiger partial charge in [0.15, 0.2) is 0 Å². The van der Waals surface area contributed by atoms with Crippen molar-refractivity contribution in [1.29, 1.82) is 0 Å². The largest absolute Gasteiger partial charge is 0.494 e. The molecule has 5 aromatic rings. The third kappa shape index (κ3) is 7.05. The summed E-state index contributed by atoms with van der Waals surface area (Å²) in [7, 11) is -4.00. The molecule has 11 heteroatoms. The van der Waals surface area contributed by atoms with E-state index in [1.807, 2.05) is 37.3 Å². The fourth-order valence-corrected chi connectivity index (χ4v) is 5.52. The lowest BCUT2D eigenvalue weighted by Crippen LogP contribution is -2.21. The van der Waals surface area contributed by atoms with E-state index in [-0.39, 0.29) is 21.9 Å². The molecule has 222 valence electrons. The van der Waals surface area contributed by atoms with Gasteiger partial charge in [0.25, 0.3) is 15.9 Å². The molecule has 1 amide bonds. The van der Waals surface area contributed by atoms with E-state index in [1.54, 1.807) is 42.5 Å². The Morgan fingerprint density at radius 3 is 2.32 bits per heavy atom. The first-order valence-corrected chi connectivity index (χ1v) is 15.3. The molecule has 9 nitrogen and oxygen atoms in total. The summed E-state index contributed by atoms with van der Waals surface area (Å²) in [6, 6.07) is 29.3. The van der Waals surface area contributed by atoms with Crippen LogP contribution in [-0.2, 0) is 10.0 Å². The van der Waals surface area contributed by atoms with Crippen molar-refractivity contribution in [2.24, 2.45) is 5.10 Å². The number of hydrogen-bond donors (Lipinski definition) is 2. The number of nitrogens with zero attached hydrogens (tertiary/aromatic N) is 1. The predicted molar refractivity (Wildman–Crippen MR) is 170 cm³/mol. The van der Waals surface area contributed by atoms with E-state index in [4.69, 9.17) is 21.1 Å².